The number of hydrogen-bond donors (Lipinski definition) is 1. The number of halogens is 2. The van der Waals surface area contributed by atoms with Gasteiger partial charge in [0.15, 0.2) is 0 Å². The normalized spacial score (nSPS) is 11.1. The molecule has 0 bridgehead atoms. The van der Waals surface area contributed by atoms with Gasteiger partial charge in [0.25, 0.3) is 5.78 Å². The predicted molar refractivity (Wildman–Crippen MR) is 89.2 cm³/mol. The molecule has 2 aromatic rings. The van der Waals surface area contributed by atoms with Crippen molar-refractivity contribution in [2.75, 3.05) is 0 Å². The van der Waals surface area contributed by atoms with Gasteiger partial charge in [0.1, 0.15) is 0 Å². The maximum Gasteiger partial charge on any atom is 0.332 e. The molecular formula is C16H12Cl2N2O3. The van der Waals surface area contributed by atoms with Crippen LogP contribution in [0.15, 0.2) is 60.4 Å². The van der Waals surface area contributed by atoms with Crippen LogP contribution in [0.1, 0.15) is 15.9 Å². The molecule has 0 unspecified atom stereocenters. The van der Waals surface area contributed by atoms with Crippen molar-refractivity contribution in [3.8, 4) is 0 Å². The van der Waals surface area contributed by atoms with E-state index in [-0.39, 0.29) is 10.6 Å². The number of nitrogens with zero attached hydrogens (tertiary/aromatic N) is 1. The first-order valence-electron chi connectivity index (χ1n) is 6.60. The zero-order valence-electron chi connectivity index (χ0n) is 11.8. The Morgan fingerprint density at radius 2 is 1.87 bits per heavy atom. The molecule has 2 aromatic carbocycles. The fourth-order valence-corrected chi connectivity index (χ4v) is 2.37. The molecule has 7 heteroatoms. The smallest absolute Gasteiger partial charge is 0.332 e. The number of ketones is 1. The van der Waals surface area contributed by atoms with Crippen LogP contribution in [0.4, 0.5) is 0 Å². The quantitative estimate of drug-likeness (QED) is 0.368. The van der Waals surface area contributed by atoms with Crippen molar-refractivity contribution >= 4 is 29.0 Å². The summed E-state index contributed by atoms with van der Waals surface area (Å²) in [6, 6.07) is 13.5. The van der Waals surface area contributed by atoms with E-state index in [0.29, 0.717) is 11.6 Å². The van der Waals surface area contributed by atoms with E-state index >= 15 is 0 Å². The van der Waals surface area contributed by atoms with Crippen LogP contribution in [0.5, 0.6) is 0 Å². The van der Waals surface area contributed by atoms with Gasteiger partial charge in [-0.15, -0.1) is 0 Å². The second-order valence-corrected chi connectivity index (χ2v) is 5.45. The summed E-state index contributed by atoms with van der Waals surface area (Å²) in [7, 11) is 0. The van der Waals surface area contributed by atoms with Crippen LogP contribution < -0.4 is 5.32 Å². The van der Waals surface area contributed by atoms with Crippen molar-refractivity contribution in [1.29, 1.82) is 0 Å². The lowest BCUT2D eigenvalue weighted by molar-refractivity contribution is -0.417. The third-order valence-corrected chi connectivity index (χ3v) is 3.54. The molecular weight excluding hydrogens is 339 g/mol. The number of rotatable bonds is 6. The third-order valence-electron chi connectivity index (χ3n) is 2.99. The minimum Gasteiger partial charge on any atom is -0.381 e. The second kappa shape index (κ2) is 7.76. The van der Waals surface area contributed by atoms with Crippen molar-refractivity contribution in [2.45, 2.75) is 6.54 Å². The van der Waals surface area contributed by atoms with Crippen molar-refractivity contribution in [3.05, 3.63) is 91.7 Å². The van der Waals surface area contributed by atoms with Gasteiger partial charge in [-0.05, 0) is 23.8 Å². The van der Waals surface area contributed by atoms with Gasteiger partial charge in [0, 0.05) is 17.1 Å². The van der Waals surface area contributed by atoms with Crippen LogP contribution in [0.2, 0.25) is 10.0 Å². The van der Waals surface area contributed by atoms with E-state index in [2.05, 4.69) is 5.32 Å². The standard InChI is InChI=1S/C16H12Cl2N2O3/c17-12-6-7-13(14(18)8-12)16(21)15(20(22)23)10-19-9-11-4-2-1-3-5-11/h1-8,10,19H,9H2. The molecule has 5 nitrogen and oxygen atoms in total. The highest BCUT2D eigenvalue weighted by Crippen LogP contribution is 2.23. The Balaban J connectivity index is 2.18. The summed E-state index contributed by atoms with van der Waals surface area (Å²) in [5, 5.41) is 14.3. The molecule has 0 fully saturated rings. The molecule has 1 N–H and O–H groups in total. The van der Waals surface area contributed by atoms with Crippen molar-refractivity contribution in [2.24, 2.45) is 0 Å². The van der Waals surface area contributed by atoms with Crippen LogP contribution >= 0.6 is 23.2 Å². The fraction of sp³-hybridized carbons (Fsp3) is 0.0625. The number of Topliss-reactive ketones (excluding diaryl/α,β-unsaturated/α-hetero) is 1. The number of allylic oxidation sites excluding steroid dienone is 1. The van der Waals surface area contributed by atoms with E-state index in [1.54, 1.807) is 0 Å². The number of nitro groups is 1. The molecule has 0 aliphatic carbocycles. The Morgan fingerprint density at radius 1 is 1.17 bits per heavy atom. The van der Waals surface area contributed by atoms with Gasteiger partial charge in [-0.2, -0.15) is 0 Å². The minimum atomic E-state index is -0.780. The highest BCUT2D eigenvalue weighted by molar-refractivity contribution is 6.37. The fourth-order valence-electron chi connectivity index (χ4n) is 1.87. The van der Waals surface area contributed by atoms with Crippen molar-refractivity contribution in [3.63, 3.8) is 0 Å². The van der Waals surface area contributed by atoms with Crippen LogP contribution in [0.3, 0.4) is 0 Å². The van der Waals surface area contributed by atoms with Gasteiger partial charge in [-0.1, -0.05) is 53.5 Å². The Kier molecular flexibility index (Phi) is 5.73. The van der Waals surface area contributed by atoms with E-state index in [9.17, 15) is 14.9 Å². The Hall–Kier alpha value is -2.37. The average molecular weight is 351 g/mol. The maximum atomic E-state index is 12.3. The van der Waals surface area contributed by atoms with Gasteiger partial charge in [-0.25, -0.2) is 0 Å². The maximum absolute atomic E-state index is 12.3. The van der Waals surface area contributed by atoms with E-state index in [1.807, 2.05) is 30.3 Å². The van der Waals surface area contributed by atoms with Gasteiger partial charge >= 0.3 is 5.70 Å². The summed E-state index contributed by atoms with van der Waals surface area (Å²) in [5.74, 6) is -0.780. The molecule has 118 valence electrons. The molecule has 0 spiro atoms. The highest BCUT2D eigenvalue weighted by Gasteiger charge is 2.25. The van der Waals surface area contributed by atoms with E-state index in [1.165, 1.54) is 18.2 Å². The lowest BCUT2D eigenvalue weighted by Crippen LogP contribution is -2.17. The second-order valence-electron chi connectivity index (χ2n) is 4.61. The van der Waals surface area contributed by atoms with Crippen LogP contribution in [0.25, 0.3) is 0 Å². The molecule has 0 heterocycles. The summed E-state index contributed by atoms with van der Waals surface area (Å²) in [5.41, 5.74) is 0.370. The van der Waals surface area contributed by atoms with Crippen molar-refractivity contribution in [1.82, 2.24) is 5.32 Å². The first-order chi connectivity index (χ1) is 11.0. The van der Waals surface area contributed by atoms with Crippen LogP contribution in [-0.2, 0) is 6.54 Å². The molecule has 0 saturated carbocycles. The molecule has 23 heavy (non-hydrogen) atoms. The third kappa shape index (κ3) is 4.55. The summed E-state index contributed by atoms with van der Waals surface area (Å²) >= 11 is 11.7. The molecule has 0 aliphatic heterocycles. The van der Waals surface area contributed by atoms with Gasteiger partial charge < -0.3 is 5.32 Å². The van der Waals surface area contributed by atoms with Crippen LogP contribution in [-0.4, -0.2) is 10.7 Å². The Bertz CT molecular complexity index is 761. The monoisotopic (exact) mass is 350 g/mol. The highest BCUT2D eigenvalue weighted by atomic mass is 35.5. The topological polar surface area (TPSA) is 72.2 Å². The van der Waals surface area contributed by atoms with E-state index in [0.717, 1.165) is 11.8 Å². The molecule has 2 rings (SSSR count). The number of benzene rings is 2. The number of hydrogen-bond acceptors (Lipinski definition) is 4. The zero-order valence-corrected chi connectivity index (χ0v) is 13.3. The lowest BCUT2D eigenvalue weighted by atomic mass is 10.1. The molecule has 0 amide bonds. The van der Waals surface area contributed by atoms with Crippen molar-refractivity contribution < 1.29 is 9.72 Å². The van der Waals surface area contributed by atoms with Gasteiger partial charge in [0.05, 0.1) is 16.1 Å². The van der Waals surface area contributed by atoms with E-state index < -0.39 is 16.4 Å². The SMILES string of the molecule is O=C(C(=CNCc1ccccc1)[N+](=O)[O-])c1ccc(Cl)cc1Cl. The molecule has 0 aromatic heterocycles. The summed E-state index contributed by atoms with van der Waals surface area (Å²) in [6.07, 6.45) is 1.08. The first-order valence-corrected chi connectivity index (χ1v) is 7.36. The molecule has 0 saturated heterocycles. The zero-order chi connectivity index (χ0) is 16.8. The lowest BCUT2D eigenvalue weighted by Gasteiger charge is -2.04. The largest absolute Gasteiger partial charge is 0.381 e. The molecule has 0 aliphatic rings. The molecule has 0 radical (unpaired) electrons. The minimum absolute atomic E-state index is 0.0283. The number of carbonyl (C=O) groups is 1. The molecule has 0 atom stereocenters. The van der Waals surface area contributed by atoms with Crippen LogP contribution in [0, 0.1) is 10.1 Å². The summed E-state index contributed by atoms with van der Waals surface area (Å²) < 4.78 is 0. The number of nitrogens with one attached hydrogen (secondary N) is 1. The number of carbonyl (C=O) groups excluding carboxylic acids is 1. The Labute approximate surface area is 142 Å². The Morgan fingerprint density at radius 3 is 2.48 bits per heavy atom. The van der Waals surface area contributed by atoms with E-state index in [4.69, 9.17) is 23.2 Å². The van der Waals surface area contributed by atoms with Gasteiger partial charge in [0.2, 0.25) is 0 Å². The van der Waals surface area contributed by atoms with Gasteiger partial charge in [-0.3, -0.25) is 14.9 Å². The first kappa shape index (κ1) is 17.0. The predicted octanol–water partition coefficient (Wildman–Crippen LogP) is 4.08. The average Bonchev–Trinajstić information content (AvgIpc) is 2.51. The summed E-state index contributed by atoms with van der Waals surface area (Å²) in [6.45, 7) is 0.361. The summed E-state index contributed by atoms with van der Waals surface area (Å²) in [4.78, 5) is 22.7.